The zero-order chi connectivity index (χ0) is 21.8. The molecule has 3 heterocycles. The average Bonchev–Trinajstić information content (AvgIpc) is 3.38. The smallest absolute Gasteiger partial charge is 0.321 e. The summed E-state index contributed by atoms with van der Waals surface area (Å²) in [5, 5.41) is 4.27. The number of thiophene rings is 1. The molecular formula is C21H20N4O4S2. The van der Waals surface area contributed by atoms with Gasteiger partial charge in [-0.1, -0.05) is 24.3 Å². The monoisotopic (exact) mass is 456 g/mol. The Morgan fingerprint density at radius 3 is 2.35 bits per heavy atom. The third-order valence-electron chi connectivity index (χ3n) is 4.93. The van der Waals surface area contributed by atoms with Crippen molar-refractivity contribution < 1.29 is 19.2 Å². The second kappa shape index (κ2) is 9.36. The fourth-order valence-electron chi connectivity index (χ4n) is 3.26. The van der Waals surface area contributed by atoms with Crippen LogP contribution in [0.25, 0.3) is 6.08 Å². The summed E-state index contributed by atoms with van der Waals surface area (Å²) in [4.78, 5) is 55.3. The molecule has 160 valence electrons. The van der Waals surface area contributed by atoms with Crippen LogP contribution in [-0.4, -0.2) is 70.5 Å². The Labute approximate surface area is 187 Å². The third-order valence-corrected chi connectivity index (χ3v) is 6.65. The Balaban J connectivity index is 1.29. The number of carbonyl (C=O) groups is 4. The van der Waals surface area contributed by atoms with Gasteiger partial charge in [0.1, 0.15) is 6.54 Å². The molecule has 5 amide bonds. The van der Waals surface area contributed by atoms with Crippen molar-refractivity contribution in [2.75, 3.05) is 38.0 Å². The average molecular weight is 457 g/mol. The molecule has 2 aliphatic rings. The Morgan fingerprint density at radius 2 is 1.68 bits per heavy atom. The zero-order valence-electron chi connectivity index (χ0n) is 16.5. The summed E-state index contributed by atoms with van der Waals surface area (Å²) in [6.07, 6.45) is 1.67. The number of nitrogens with zero attached hydrogens (tertiary/aromatic N) is 3. The van der Waals surface area contributed by atoms with E-state index in [1.165, 1.54) is 11.3 Å². The number of rotatable bonds is 4. The molecule has 2 aliphatic heterocycles. The van der Waals surface area contributed by atoms with Gasteiger partial charge in [-0.15, -0.1) is 11.3 Å². The van der Waals surface area contributed by atoms with E-state index in [2.05, 4.69) is 5.32 Å². The number of hydrogen-bond donors (Lipinski definition) is 1. The number of nitrogens with one attached hydrogen (secondary N) is 1. The lowest BCUT2D eigenvalue weighted by molar-refractivity contribution is -0.136. The van der Waals surface area contributed by atoms with Crippen molar-refractivity contribution in [2.45, 2.75) is 0 Å². The number of piperazine rings is 1. The topological polar surface area (TPSA) is 90.0 Å². The van der Waals surface area contributed by atoms with Crippen molar-refractivity contribution in [3.8, 4) is 0 Å². The molecule has 2 fully saturated rings. The second-order valence-electron chi connectivity index (χ2n) is 6.95. The summed E-state index contributed by atoms with van der Waals surface area (Å²) in [5.74, 6) is -0.750. The highest BCUT2D eigenvalue weighted by Crippen LogP contribution is 2.32. The second-order valence-corrected chi connectivity index (χ2v) is 8.92. The van der Waals surface area contributed by atoms with Gasteiger partial charge in [0.25, 0.3) is 11.1 Å². The molecule has 0 aliphatic carbocycles. The summed E-state index contributed by atoms with van der Waals surface area (Å²) >= 11 is 2.32. The van der Waals surface area contributed by atoms with Crippen molar-refractivity contribution in [1.82, 2.24) is 14.7 Å². The van der Waals surface area contributed by atoms with E-state index in [-0.39, 0.29) is 18.5 Å². The summed E-state index contributed by atoms with van der Waals surface area (Å²) in [7, 11) is 0. The van der Waals surface area contributed by atoms with Crippen molar-refractivity contribution in [1.29, 1.82) is 0 Å². The number of amides is 5. The molecule has 0 atom stereocenters. The summed E-state index contributed by atoms with van der Waals surface area (Å²) in [6, 6.07) is 12.7. The van der Waals surface area contributed by atoms with Gasteiger partial charge in [-0.05, 0) is 41.4 Å². The molecule has 2 saturated heterocycles. The van der Waals surface area contributed by atoms with E-state index in [0.717, 1.165) is 21.5 Å². The van der Waals surface area contributed by atoms with Gasteiger partial charge in [0.2, 0.25) is 5.91 Å². The minimum atomic E-state index is -0.447. The molecule has 4 rings (SSSR count). The van der Waals surface area contributed by atoms with E-state index >= 15 is 0 Å². The molecule has 0 saturated carbocycles. The van der Waals surface area contributed by atoms with Crippen LogP contribution >= 0.6 is 23.1 Å². The van der Waals surface area contributed by atoms with Crippen molar-refractivity contribution in [3.63, 3.8) is 0 Å². The minimum Gasteiger partial charge on any atom is -0.338 e. The predicted molar refractivity (Wildman–Crippen MR) is 121 cm³/mol. The number of carbonyl (C=O) groups excluding carboxylic acids is 4. The maximum Gasteiger partial charge on any atom is 0.321 e. The van der Waals surface area contributed by atoms with Gasteiger partial charge in [0.15, 0.2) is 0 Å². The SMILES string of the molecule is O=C(CN1C(=O)S/C(=C\c2cccs2)C1=O)N1CCN(C(=O)Nc2ccccc2)CC1. The number of anilines is 1. The molecule has 0 radical (unpaired) electrons. The van der Waals surface area contributed by atoms with Crippen LogP contribution < -0.4 is 5.32 Å². The Kier molecular flexibility index (Phi) is 6.38. The van der Waals surface area contributed by atoms with Gasteiger partial charge >= 0.3 is 6.03 Å². The molecule has 0 bridgehead atoms. The Morgan fingerprint density at radius 1 is 0.968 bits per heavy atom. The van der Waals surface area contributed by atoms with Gasteiger partial charge in [-0.3, -0.25) is 19.3 Å². The van der Waals surface area contributed by atoms with Gasteiger partial charge < -0.3 is 15.1 Å². The van der Waals surface area contributed by atoms with Gasteiger partial charge in [0.05, 0.1) is 4.91 Å². The highest BCUT2D eigenvalue weighted by atomic mass is 32.2. The number of hydrogen-bond acceptors (Lipinski definition) is 6. The van der Waals surface area contributed by atoms with E-state index < -0.39 is 11.1 Å². The highest BCUT2D eigenvalue weighted by Gasteiger charge is 2.37. The fourth-order valence-corrected chi connectivity index (χ4v) is 4.82. The van der Waals surface area contributed by atoms with E-state index in [1.807, 2.05) is 35.7 Å². The van der Waals surface area contributed by atoms with Crippen LogP contribution in [0.4, 0.5) is 15.3 Å². The van der Waals surface area contributed by atoms with Gasteiger partial charge in [-0.25, -0.2) is 4.79 Å². The van der Waals surface area contributed by atoms with Crippen LogP contribution in [0.15, 0.2) is 52.7 Å². The number of thioether (sulfide) groups is 1. The maximum absolute atomic E-state index is 12.7. The number of imide groups is 1. The summed E-state index contributed by atoms with van der Waals surface area (Å²) < 4.78 is 0. The summed E-state index contributed by atoms with van der Waals surface area (Å²) in [5.41, 5.74) is 0.709. The lowest BCUT2D eigenvalue weighted by Crippen LogP contribution is -2.53. The standard InChI is InChI=1S/C21H20N4O4S2/c26-18(14-25-19(27)17(31-21(25)29)13-16-7-4-12-30-16)23-8-10-24(11-9-23)20(28)22-15-5-2-1-3-6-15/h1-7,12-13H,8-11,14H2,(H,22,28)/b17-13-. The Hall–Kier alpha value is -3.11. The first-order valence-corrected chi connectivity index (χ1v) is 11.4. The van der Waals surface area contributed by atoms with Crippen molar-refractivity contribution in [2.24, 2.45) is 0 Å². The fraction of sp³-hybridized carbons (Fsp3) is 0.238. The maximum atomic E-state index is 12.7. The number of para-hydroxylation sites is 1. The van der Waals surface area contributed by atoms with Crippen LogP contribution in [0.1, 0.15) is 4.88 Å². The largest absolute Gasteiger partial charge is 0.338 e. The predicted octanol–water partition coefficient (Wildman–Crippen LogP) is 3.16. The lowest BCUT2D eigenvalue weighted by atomic mass is 10.3. The first kappa shape index (κ1) is 21.1. The van der Waals surface area contributed by atoms with Crippen molar-refractivity contribution >= 4 is 57.9 Å². The van der Waals surface area contributed by atoms with Crippen molar-refractivity contribution in [3.05, 3.63) is 57.6 Å². The van der Waals surface area contributed by atoms with Crippen LogP contribution in [0.2, 0.25) is 0 Å². The highest BCUT2D eigenvalue weighted by molar-refractivity contribution is 8.18. The first-order chi connectivity index (χ1) is 15.0. The molecule has 8 nitrogen and oxygen atoms in total. The molecule has 31 heavy (non-hydrogen) atoms. The van der Waals surface area contributed by atoms with Crippen LogP contribution in [0, 0.1) is 0 Å². The lowest BCUT2D eigenvalue weighted by Gasteiger charge is -2.35. The molecule has 2 aromatic rings. The molecule has 1 N–H and O–H groups in total. The Bertz CT molecular complexity index is 1020. The molecule has 0 spiro atoms. The van der Waals surface area contributed by atoms with Gasteiger partial charge in [0, 0.05) is 36.7 Å². The minimum absolute atomic E-state index is 0.219. The van der Waals surface area contributed by atoms with Crippen LogP contribution in [0.3, 0.4) is 0 Å². The summed E-state index contributed by atoms with van der Waals surface area (Å²) in [6.45, 7) is 1.17. The first-order valence-electron chi connectivity index (χ1n) is 9.69. The molecule has 10 heteroatoms. The third kappa shape index (κ3) is 4.97. The van der Waals surface area contributed by atoms with E-state index in [0.29, 0.717) is 36.8 Å². The number of benzene rings is 1. The van der Waals surface area contributed by atoms with Crippen LogP contribution in [-0.2, 0) is 9.59 Å². The molecular weight excluding hydrogens is 436 g/mol. The number of urea groups is 1. The zero-order valence-corrected chi connectivity index (χ0v) is 18.2. The van der Waals surface area contributed by atoms with Gasteiger partial charge in [-0.2, -0.15) is 0 Å². The van der Waals surface area contributed by atoms with E-state index in [4.69, 9.17) is 0 Å². The van der Waals surface area contributed by atoms with E-state index in [9.17, 15) is 19.2 Å². The van der Waals surface area contributed by atoms with Crippen LogP contribution in [0.5, 0.6) is 0 Å². The quantitative estimate of drug-likeness (QED) is 0.714. The molecule has 1 aromatic heterocycles. The normalized spacial score (nSPS) is 18.1. The molecule has 1 aromatic carbocycles. The van der Waals surface area contributed by atoms with E-state index in [1.54, 1.807) is 28.0 Å². The molecule has 0 unspecified atom stereocenters.